The molecule has 1 atom stereocenters. The summed E-state index contributed by atoms with van der Waals surface area (Å²) in [5.74, 6) is -0.206. The predicted octanol–water partition coefficient (Wildman–Crippen LogP) is 2.49. The first-order valence-electron chi connectivity index (χ1n) is 4.29. The Morgan fingerprint density at radius 2 is 2.15 bits per heavy atom. The molecular weight excluding hydrogens is 165 g/mol. The fourth-order valence-electron chi connectivity index (χ4n) is 1.05. The molecular formula is C11H14FN. The Bertz CT molecular complexity index is 316. The number of benzene rings is 1. The minimum atomic E-state index is -0.206. The first-order chi connectivity index (χ1) is 6.09. The normalized spacial score (nSPS) is 13.5. The Balaban J connectivity index is 2.93. The van der Waals surface area contributed by atoms with E-state index in [1.807, 2.05) is 13.8 Å². The van der Waals surface area contributed by atoms with E-state index in [0.717, 1.165) is 5.56 Å². The first kappa shape index (κ1) is 9.93. The lowest BCUT2D eigenvalue weighted by Crippen LogP contribution is -2.09. The Morgan fingerprint density at radius 3 is 2.77 bits per heavy atom. The van der Waals surface area contributed by atoms with Crippen molar-refractivity contribution in [2.24, 2.45) is 5.73 Å². The largest absolute Gasteiger partial charge is 0.325 e. The van der Waals surface area contributed by atoms with Crippen LogP contribution in [0.1, 0.15) is 18.1 Å². The third-order valence-corrected chi connectivity index (χ3v) is 1.73. The summed E-state index contributed by atoms with van der Waals surface area (Å²) in [4.78, 5) is 0. The average Bonchev–Trinajstić information content (AvgIpc) is 2.06. The van der Waals surface area contributed by atoms with E-state index in [1.54, 1.807) is 24.3 Å². The van der Waals surface area contributed by atoms with Crippen LogP contribution >= 0.6 is 0 Å². The molecule has 70 valence electrons. The molecule has 0 radical (unpaired) electrons. The summed E-state index contributed by atoms with van der Waals surface area (Å²) in [5, 5.41) is 0. The van der Waals surface area contributed by atoms with Crippen molar-refractivity contribution in [3.05, 3.63) is 41.2 Å². The van der Waals surface area contributed by atoms with Crippen LogP contribution in [0, 0.1) is 12.7 Å². The van der Waals surface area contributed by atoms with E-state index in [9.17, 15) is 4.39 Å². The van der Waals surface area contributed by atoms with Crippen molar-refractivity contribution in [1.29, 1.82) is 0 Å². The molecule has 1 aromatic carbocycles. The van der Waals surface area contributed by atoms with Crippen molar-refractivity contribution in [2.45, 2.75) is 19.9 Å². The van der Waals surface area contributed by atoms with Gasteiger partial charge in [-0.3, -0.25) is 0 Å². The molecule has 0 spiro atoms. The topological polar surface area (TPSA) is 26.0 Å². The highest BCUT2D eigenvalue weighted by Crippen LogP contribution is 2.11. The van der Waals surface area contributed by atoms with Crippen LogP contribution < -0.4 is 5.73 Å². The maximum atomic E-state index is 13.1. The molecule has 1 nitrogen and oxygen atoms in total. The molecule has 13 heavy (non-hydrogen) atoms. The van der Waals surface area contributed by atoms with E-state index in [2.05, 4.69) is 0 Å². The molecule has 0 saturated heterocycles. The molecule has 0 aliphatic rings. The number of nitrogens with two attached hydrogens (primary N) is 1. The molecule has 0 bridgehead atoms. The van der Waals surface area contributed by atoms with Gasteiger partial charge in [0.15, 0.2) is 0 Å². The molecule has 0 amide bonds. The van der Waals surface area contributed by atoms with Gasteiger partial charge in [-0.15, -0.1) is 0 Å². The molecule has 0 aliphatic heterocycles. The molecule has 2 N–H and O–H groups in total. The maximum absolute atomic E-state index is 13.1. The van der Waals surface area contributed by atoms with Gasteiger partial charge in [0, 0.05) is 11.6 Å². The lowest BCUT2D eigenvalue weighted by atomic mass is 10.1. The summed E-state index contributed by atoms with van der Waals surface area (Å²) in [6.07, 6.45) is 3.49. The van der Waals surface area contributed by atoms with Crippen LogP contribution in [0.5, 0.6) is 0 Å². The van der Waals surface area contributed by atoms with Crippen molar-refractivity contribution < 1.29 is 4.39 Å². The van der Waals surface area contributed by atoms with Gasteiger partial charge in [-0.25, -0.2) is 4.39 Å². The van der Waals surface area contributed by atoms with Gasteiger partial charge in [-0.1, -0.05) is 23.8 Å². The zero-order valence-corrected chi connectivity index (χ0v) is 7.92. The molecule has 0 heterocycles. The van der Waals surface area contributed by atoms with Gasteiger partial charge in [0.25, 0.3) is 0 Å². The van der Waals surface area contributed by atoms with E-state index in [0.29, 0.717) is 5.56 Å². The summed E-state index contributed by atoms with van der Waals surface area (Å²) < 4.78 is 13.1. The molecule has 0 saturated carbocycles. The van der Waals surface area contributed by atoms with Gasteiger partial charge in [0.1, 0.15) is 5.82 Å². The zero-order valence-electron chi connectivity index (χ0n) is 7.92. The number of hydrogen-bond donors (Lipinski definition) is 1. The minimum Gasteiger partial charge on any atom is -0.325 e. The molecule has 2 heteroatoms. The molecule has 1 rings (SSSR count). The van der Waals surface area contributed by atoms with Gasteiger partial charge in [-0.2, -0.15) is 0 Å². The van der Waals surface area contributed by atoms with Gasteiger partial charge in [0.2, 0.25) is 0 Å². The fourth-order valence-corrected chi connectivity index (χ4v) is 1.05. The summed E-state index contributed by atoms with van der Waals surface area (Å²) >= 11 is 0. The van der Waals surface area contributed by atoms with Crippen LogP contribution in [0.3, 0.4) is 0 Å². The number of aryl methyl sites for hydroxylation is 1. The Hall–Kier alpha value is -1.15. The van der Waals surface area contributed by atoms with Crippen LogP contribution in [-0.2, 0) is 0 Å². The van der Waals surface area contributed by atoms with Gasteiger partial charge in [0.05, 0.1) is 0 Å². The van der Waals surface area contributed by atoms with Crippen LogP contribution in [0.2, 0.25) is 0 Å². The van der Waals surface area contributed by atoms with Crippen LogP contribution in [0.15, 0.2) is 24.3 Å². The lowest BCUT2D eigenvalue weighted by Gasteiger charge is -1.99. The van der Waals surface area contributed by atoms with Crippen molar-refractivity contribution >= 4 is 6.08 Å². The molecule has 0 aliphatic carbocycles. The second kappa shape index (κ2) is 4.19. The third kappa shape index (κ3) is 2.99. The van der Waals surface area contributed by atoms with E-state index in [-0.39, 0.29) is 11.9 Å². The smallest absolute Gasteiger partial charge is 0.130 e. The van der Waals surface area contributed by atoms with E-state index in [1.165, 1.54) is 6.07 Å². The standard InChI is InChI=1S/C11H14FN/c1-8-3-6-11(12)10(7-8)5-4-9(2)13/h3-7,9H,13H2,1-2H3/b5-4+. The molecule has 0 fully saturated rings. The maximum Gasteiger partial charge on any atom is 0.130 e. The van der Waals surface area contributed by atoms with E-state index >= 15 is 0 Å². The van der Waals surface area contributed by atoms with E-state index < -0.39 is 0 Å². The minimum absolute atomic E-state index is 0.0417. The quantitative estimate of drug-likeness (QED) is 0.741. The summed E-state index contributed by atoms with van der Waals surface area (Å²) in [5.41, 5.74) is 7.16. The molecule has 0 aromatic heterocycles. The second-order valence-corrected chi connectivity index (χ2v) is 3.24. The first-order valence-corrected chi connectivity index (χ1v) is 4.29. The fraction of sp³-hybridized carbons (Fsp3) is 0.273. The monoisotopic (exact) mass is 179 g/mol. The lowest BCUT2D eigenvalue weighted by molar-refractivity contribution is 0.624. The number of rotatable bonds is 2. The Morgan fingerprint density at radius 1 is 1.46 bits per heavy atom. The Kier molecular flexibility index (Phi) is 3.20. The third-order valence-electron chi connectivity index (χ3n) is 1.73. The number of halogens is 1. The van der Waals surface area contributed by atoms with Crippen molar-refractivity contribution in [1.82, 2.24) is 0 Å². The zero-order chi connectivity index (χ0) is 9.84. The van der Waals surface area contributed by atoms with Crippen LogP contribution in [0.25, 0.3) is 6.08 Å². The Labute approximate surface area is 78.1 Å². The average molecular weight is 179 g/mol. The van der Waals surface area contributed by atoms with Crippen molar-refractivity contribution in [3.8, 4) is 0 Å². The van der Waals surface area contributed by atoms with Crippen molar-refractivity contribution in [3.63, 3.8) is 0 Å². The predicted molar refractivity (Wildman–Crippen MR) is 53.8 cm³/mol. The highest BCUT2D eigenvalue weighted by Gasteiger charge is 1.97. The number of hydrogen-bond acceptors (Lipinski definition) is 1. The second-order valence-electron chi connectivity index (χ2n) is 3.24. The SMILES string of the molecule is Cc1ccc(F)c(/C=C/C(C)N)c1. The van der Waals surface area contributed by atoms with Gasteiger partial charge >= 0.3 is 0 Å². The van der Waals surface area contributed by atoms with E-state index in [4.69, 9.17) is 5.73 Å². The van der Waals surface area contributed by atoms with Crippen molar-refractivity contribution in [2.75, 3.05) is 0 Å². The van der Waals surface area contributed by atoms with Crippen LogP contribution in [-0.4, -0.2) is 6.04 Å². The van der Waals surface area contributed by atoms with Gasteiger partial charge < -0.3 is 5.73 Å². The summed E-state index contributed by atoms with van der Waals surface area (Å²) in [7, 11) is 0. The van der Waals surface area contributed by atoms with Gasteiger partial charge in [-0.05, 0) is 26.0 Å². The highest BCUT2D eigenvalue weighted by molar-refractivity contribution is 5.51. The summed E-state index contributed by atoms with van der Waals surface area (Å²) in [6.45, 7) is 3.78. The summed E-state index contributed by atoms with van der Waals surface area (Å²) in [6, 6.07) is 4.98. The molecule has 1 aromatic rings. The molecule has 1 unspecified atom stereocenters. The van der Waals surface area contributed by atoms with Crippen LogP contribution in [0.4, 0.5) is 4.39 Å². The highest BCUT2D eigenvalue weighted by atomic mass is 19.1.